The third kappa shape index (κ3) is 4.81. The lowest BCUT2D eigenvalue weighted by Crippen LogP contribution is -2.50. The topological polar surface area (TPSA) is 108 Å². The zero-order valence-corrected chi connectivity index (χ0v) is 18.8. The fraction of sp³-hybridized carbons (Fsp3) is 0.318. The van der Waals surface area contributed by atoms with E-state index in [4.69, 9.17) is 18.7 Å². The first kappa shape index (κ1) is 22.0. The maximum atomic E-state index is 12.2. The van der Waals surface area contributed by atoms with E-state index in [0.29, 0.717) is 46.7 Å². The van der Waals surface area contributed by atoms with Gasteiger partial charge < -0.3 is 24.1 Å². The number of nitrogens with zero attached hydrogens (tertiary/aromatic N) is 2. The molecule has 1 aliphatic rings. The van der Waals surface area contributed by atoms with Gasteiger partial charge in [-0.2, -0.15) is 4.98 Å². The van der Waals surface area contributed by atoms with Crippen LogP contribution in [0.4, 0.5) is 0 Å². The van der Waals surface area contributed by atoms with E-state index in [0.717, 1.165) is 5.56 Å². The number of carbonyl (C=O) groups is 1. The zero-order chi connectivity index (χ0) is 22.5. The summed E-state index contributed by atoms with van der Waals surface area (Å²) in [6.07, 6.45) is 0.396. The minimum Gasteiger partial charge on any atom is -0.493 e. The first-order valence-electron chi connectivity index (χ1n) is 9.96. The summed E-state index contributed by atoms with van der Waals surface area (Å²) in [7, 11) is 4.64. The Labute approximate surface area is 189 Å². The SMILES string of the molecule is COc1cc(-c2noc(CSC3NC(=O)CC(c4ccccc4)N3)n2)cc(OC)c1OC. The highest BCUT2D eigenvalue weighted by molar-refractivity contribution is 7.99. The molecular weight excluding hydrogens is 432 g/mol. The third-order valence-corrected chi connectivity index (χ3v) is 6.00. The Balaban J connectivity index is 1.44. The molecule has 1 fully saturated rings. The van der Waals surface area contributed by atoms with Gasteiger partial charge in [-0.15, -0.1) is 11.8 Å². The minimum atomic E-state index is -0.266. The molecule has 1 aliphatic heterocycles. The van der Waals surface area contributed by atoms with E-state index in [1.165, 1.54) is 11.8 Å². The number of methoxy groups -OCH3 is 3. The van der Waals surface area contributed by atoms with Gasteiger partial charge in [0.1, 0.15) is 5.50 Å². The van der Waals surface area contributed by atoms with Crippen LogP contribution in [0.5, 0.6) is 17.2 Å². The van der Waals surface area contributed by atoms with Crippen LogP contribution >= 0.6 is 11.8 Å². The quantitative estimate of drug-likeness (QED) is 0.528. The molecule has 168 valence electrons. The van der Waals surface area contributed by atoms with Crippen molar-refractivity contribution in [1.82, 2.24) is 20.8 Å². The van der Waals surface area contributed by atoms with Crippen molar-refractivity contribution in [2.75, 3.05) is 21.3 Å². The number of rotatable bonds is 8. The van der Waals surface area contributed by atoms with Gasteiger partial charge in [0.15, 0.2) is 11.5 Å². The smallest absolute Gasteiger partial charge is 0.237 e. The lowest BCUT2D eigenvalue weighted by atomic mass is 10.0. The van der Waals surface area contributed by atoms with Gasteiger partial charge in [0.05, 0.1) is 27.1 Å². The zero-order valence-electron chi connectivity index (χ0n) is 18.0. The Morgan fingerprint density at radius 3 is 2.47 bits per heavy atom. The molecule has 1 aromatic heterocycles. The van der Waals surface area contributed by atoms with Gasteiger partial charge in [-0.3, -0.25) is 10.1 Å². The highest BCUT2D eigenvalue weighted by atomic mass is 32.2. The van der Waals surface area contributed by atoms with Crippen molar-refractivity contribution in [2.45, 2.75) is 23.7 Å². The molecule has 0 bridgehead atoms. The molecule has 1 saturated heterocycles. The van der Waals surface area contributed by atoms with Crippen LogP contribution in [0.3, 0.4) is 0 Å². The van der Waals surface area contributed by atoms with Crippen molar-refractivity contribution in [1.29, 1.82) is 0 Å². The van der Waals surface area contributed by atoms with E-state index in [2.05, 4.69) is 20.8 Å². The summed E-state index contributed by atoms with van der Waals surface area (Å²) in [5.74, 6) is 2.77. The summed E-state index contributed by atoms with van der Waals surface area (Å²) in [6.45, 7) is 0. The first-order chi connectivity index (χ1) is 15.6. The maximum absolute atomic E-state index is 12.2. The van der Waals surface area contributed by atoms with Gasteiger partial charge in [-0.25, -0.2) is 0 Å². The third-order valence-electron chi connectivity index (χ3n) is 5.00. The van der Waals surface area contributed by atoms with E-state index in [9.17, 15) is 4.79 Å². The maximum Gasteiger partial charge on any atom is 0.237 e. The van der Waals surface area contributed by atoms with Crippen molar-refractivity contribution in [2.24, 2.45) is 0 Å². The Bertz CT molecular complexity index is 1050. The molecule has 32 heavy (non-hydrogen) atoms. The summed E-state index contributed by atoms with van der Waals surface area (Å²) in [5, 5.41) is 10.5. The van der Waals surface area contributed by atoms with Crippen LogP contribution in [0, 0.1) is 0 Å². The number of carbonyl (C=O) groups excluding carboxylic acids is 1. The van der Waals surface area contributed by atoms with Gasteiger partial charge in [-0.1, -0.05) is 35.5 Å². The molecule has 0 aliphatic carbocycles. The van der Waals surface area contributed by atoms with E-state index in [-0.39, 0.29) is 17.4 Å². The molecule has 2 atom stereocenters. The largest absolute Gasteiger partial charge is 0.493 e. The molecule has 2 N–H and O–H groups in total. The molecule has 2 heterocycles. The Morgan fingerprint density at radius 2 is 1.81 bits per heavy atom. The Morgan fingerprint density at radius 1 is 1.09 bits per heavy atom. The summed E-state index contributed by atoms with van der Waals surface area (Å²) >= 11 is 1.47. The van der Waals surface area contributed by atoms with Gasteiger partial charge in [0.25, 0.3) is 0 Å². The summed E-state index contributed by atoms with van der Waals surface area (Å²) in [5.41, 5.74) is 1.49. The predicted molar refractivity (Wildman–Crippen MR) is 120 cm³/mol. The minimum absolute atomic E-state index is 0.00116. The lowest BCUT2D eigenvalue weighted by molar-refractivity contribution is -0.123. The molecule has 4 rings (SSSR count). The molecule has 0 spiro atoms. The van der Waals surface area contributed by atoms with Gasteiger partial charge >= 0.3 is 0 Å². The average Bonchev–Trinajstić information content (AvgIpc) is 3.31. The highest BCUT2D eigenvalue weighted by Crippen LogP contribution is 2.40. The summed E-state index contributed by atoms with van der Waals surface area (Å²) in [6, 6.07) is 13.4. The Hall–Kier alpha value is -3.24. The molecule has 10 heteroatoms. The molecule has 0 radical (unpaired) electrons. The van der Waals surface area contributed by atoms with E-state index < -0.39 is 0 Å². The predicted octanol–water partition coefficient (Wildman–Crippen LogP) is 3.13. The van der Waals surface area contributed by atoms with Crippen LogP contribution in [0.1, 0.15) is 23.9 Å². The summed E-state index contributed by atoms with van der Waals surface area (Å²) < 4.78 is 21.5. The number of benzene rings is 2. The Kier molecular flexibility index (Phi) is 6.81. The van der Waals surface area contributed by atoms with Crippen LogP contribution in [0.15, 0.2) is 47.0 Å². The second-order valence-corrected chi connectivity index (χ2v) is 8.11. The first-order valence-corrected chi connectivity index (χ1v) is 11.0. The molecule has 3 aromatic rings. The highest BCUT2D eigenvalue weighted by Gasteiger charge is 2.27. The molecular formula is C22H24N4O5S. The lowest BCUT2D eigenvalue weighted by Gasteiger charge is -2.31. The fourth-order valence-electron chi connectivity index (χ4n) is 3.46. The van der Waals surface area contributed by atoms with Crippen LogP contribution in [0.2, 0.25) is 0 Å². The number of hydrogen-bond donors (Lipinski definition) is 2. The molecule has 0 saturated carbocycles. The second-order valence-electron chi connectivity index (χ2n) is 7.02. The molecule has 2 aromatic carbocycles. The molecule has 2 unspecified atom stereocenters. The second kappa shape index (κ2) is 9.92. The number of amides is 1. The van der Waals surface area contributed by atoms with Crippen molar-refractivity contribution < 1.29 is 23.5 Å². The van der Waals surface area contributed by atoms with Crippen molar-refractivity contribution >= 4 is 17.7 Å². The number of thioether (sulfide) groups is 1. The fourth-order valence-corrected chi connectivity index (χ4v) is 4.36. The monoisotopic (exact) mass is 456 g/mol. The molecule has 1 amide bonds. The van der Waals surface area contributed by atoms with Crippen LogP contribution in [-0.2, 0) is 10.5 Å². The van der Waals surface area contributed by atoms with Crippen molar-refractivity contribution in [3.8, 4) is 28.6 Å². The van der Waals surface area contributed by atoms with Crippen molar-refractivity contribution in [3.05, 3.63) is 53.9 Å². The van der Waals surface area contributed by atoms with E-state index in [1.807, 2.05) is 30.3 Å². The number of aromatic nitrogens is 2. The van der Waals surface area contributed by atoms with Crippen LogP contribution in [-0.4, -0.2) is 42.9 Å². The van der Waals surface area contributed by atoms with Gasteiger partial charge in [0.2, 0.25) is 23.4 Å². The van der Waals surface area contributed by atoms with Gasteiger partial charge in [0, 0.05) is 18.0 Å². The average molecular weight is 457 g/mol. The van der Waals surface area contributed by atoms with Crippen molar-refractivity contribution in [3.63, 3.8) is 0 Å². The van der Waals surface area contributed by atoms with Gasteiger partial charge in [-0.05, 0) is 17.7 Å². The van der Waals surface area contributed by atoms with E-state index in [1.54, 1.807) is 33.5 Å². The normalized spacial score (nSPS) is 18.2. The van der Waals surface area contributed by atoms with Crippen LogP contribution in [0.25, 0.3) is 11.4 Å². The number of ether oxygens (including phenoxy) is 3. The molecule has 9 nitrogen and oxygen atoms in total. The van der Waals surface area contributed by atoms with Crippen LogP contribution < -0.4 is 24.8 Å². The number of hydrogen-bond acceptors (Lipinski definition) is 9. The summed E-state index contributed by atoms with van der Waals surface area (Å²) in [4.78, 5) is 16.7. The number of nitrogens with one attached hydrogen (secondary N) is 2. The standard InChI is InChI=1S/C22H24N4O5S/c1-28-16-9-14(10-17(29-2)20(16)30-3)21-25-19(31-26-21)12-32-22-23-15(11-18(27)24-22)13-7-5-4-6-8-13/h4-10,15,22-23H,11-12H2,1-3H3,(H,24,27). The van der Waals surface area contributed by atoms with E-state index >= 15 is 0 Å².